The van der Waals surface area contributed by atoms with Gasteiger partial charge in [-0.2, -0.15) is 0 Å². The predicted molar refractivity (Wildman–Crippen MR) is 91.7 cm³/mol. The molecule has 2 aromatic carbocycles. The summed E-state index contributed by atoms with van der Waals surface area (Å²) in [4.78, 5) is 0. The Bertz CT molecular complexity index is 654. The molecule has 0 bridgehead atoms. The van der Waals surface area contributed by atoms with Crippen LogP contribution in [0.5, 0.6) is 0 Å². The van der Waals surface area contributed by atoms with Gasteiger partial charge in [0, 0.05) is 11.5 Å². The number of benzene rings is 2. The fraction of sp³-hybridized carbons (Fsp3) is 0.333. The fourth-order valence-corrected chi connectivity index (χ4v) is 2.95. The molecule has 0 aliphatic heterocycles. The third-order valence-corrected chi connectivity index (χ3v) is 4.28. The zero-order valence-corrected chi connectivity index (χ0v) is 13.2. The van der Waals surface area contributed by atoms with Crippen LogP contribution in [0.15, 0.2) is 60.7 Å². The predicted octanol–water partition coefficient (Wildman–Crippen LogP) is 3.78. The van der Waals surface area contributed by atoms with Crippen molar-refractivity contribution < 1.29 is 9.84 Å². The molecule has 1 fully saturated rings. The zero-order valence-electron chi connectivity index (χ0n) is 13.2. The van der Waals surface area contributed by atoms with Gasteiger partial charge in [0.2, 0.25) is 0 Å². The Labute approximate surface area is 138 Å². The summed E-state index contributed by atoms with van der Waals surface area (Å²) in [5.74, 6) is 6.40. The summed E-state index contributed by atoms with van der Waals surface area (Å²) >= 11 is 0. The molecule has 118 valence electrons. The van der Waals surface area contributed by atoms with Gasteiger partial charge in [-0.25, -0.2) is 0 Å². The van der Waals surface area contributed by atoms with Crippen molar-refractivity contribution in [2.75, 3.05) is 0 Å². The molecule has 1 saturated carbocycles. The molecular weight excluding hydrogens is 284 g/mol. The van der Waals surface area contributed by atoms with E-state index in [0.717, 1.165) is 30.4 Å². The van der Waals surface area contributed by atoms with Crippen LogP contribution in [-0.2, 0) is 11.3 Å². The van der Waals surface area contributed by atoms with Crippen molar-refractivity contribution in [1.82, 2.24) is 0 Å². The summed E-state index contributed by atoms with van der Waals surface area (Å²) < 4.78 is 5.95. The molecule has 0 heterocycles. The number of hydrogen-bond donors (Lipinski definition) is 1. The first-order valence-electron chi connectivity index (χ1n) is 8.23. The second kappa shape index (κ2) is 7.97. The van der Waals surface area contributed by atoms with Crippen molar-refractivity contribution >= 4 is 0 Å². The van der Waals surface area contributed by atoms with Gasteiger partial charge in [-0.15, -0.1) is 0 Å². The van der Waals surface area contributed by atoms with Crippen molar-refractivity contribution in [3.63, 3.8) is 0 Å². The van der Waals surface area contributed by atoms with Gasteiger partial charge < -0.3 is 9.84 Å². The van der Waals surface area contributed by atoms with Crippen LogP contribution >= 0.6 is 0 Å². The third-order valence-electron chi connectivity index (χ3n) is 4.28. The minimum atomic E-state index is -0.510. The van der Waals surface area contributed by atoms with Crippen LogP contribution in [-0.4, -0.2) is 17.3 Å². The highest BCUT2D eigenvalue weighted by atomic mass is 16.5. The van der Waals surface area contributed by atoms with Gasteiger partial charge in [0.05, 0.1) is 18.8 Å². The summed E-state index contributed by atoms with van der Waals surface area (Å²) in [5.41, 5.74) is 2.13. The molecule has 0 aromatic heterocycles. The van der Waals surface area contributed by atoms with Gasteiger partial charge in [-0.1, -0.05) is 60.4 Å². The maximum atomic E-state index is 10.6. The number of ether oxygens (including phenoxy) is 1. The Morgan fingerprint density at radius 3 is 2.39 bits per heavy atom. The Hall–Kier alpha value is -2.08. The van der Waals surface area contributed by atoms with E-state index in [1.54, 1.807) is 0 Å². The highest BCUT2D eigenvalue weighted by molar-refractivity contribution is 5.34. The van der Waals surface area contributed by atoms with Crippen molar-refractivity contribution in [2.24, 2.45) is 5.92 Å². The van der Waals surface area contributed by atoms with E-state index in [1.165, 1.54) is 0 Å². The Morgan fingerprint density at radius 2 is 1.65 bits per heavy atom. The number of rotatable bonds is 3. The van der Waals surface area contributed by atoms with Gasteiger partial charge in [-0.05, 0) is 37.0 Å². The average Bonchev–Trinajstić information content (AvgIpc) is 2.61. The SMILES string of the molecule is O[C@H]1[C@H](C#Cc2ccccc2)CCC[C@H]1OCc1ccccc1. The average molecular weight is 306 g/mol. The van der Waals surface area contributed by atoms with Gasteiger partial charge in [-0.3, -0.25) is 0 Å². The van der Waals surface area contributed by atoms with Crippen molar-refractivity contribution in [3.05, 3.63) is 71.8 Å². The Kier molecular flexibility index (Phi) is 5.47. The number of aliphatic hydroxyl groups is 1. The smallest absolute Gasteiger partial charge is 0.0939 e. The molecule has 0 amide bonds. The lowest BCUT2D eigenvalue weighted by atomic mass is 9.84. The van der Waals surface area contributed by atoms with E-state index in [9.17, 15) is 5.11 Å². The van der Waals surface area contributed by atoms with Crippen molar-refractivity contribution in [1.29, 1.82) is 0 Å². The van der Waals surface area contributed by atoms with Crippen LogP contribution in [0.1, 0.15) is 30.4 Å². The monoisotopic (exact) mass is 306 g/mol. The molecule has 1 N–H and O–H groups in total. The largest absolute Gasteiger partial charge is 0.389 e. The van der Waals surface area contributed by atoms with E-state index in [4.69, 9.17) is 4.74 Å². The molecule has 3 atom stereocenters. The first-order chi connectivity index (χ1) is 11.3. The first kappa shape index (κ1) is 15.8. The second-order valence-electron chi connectivity index (χ2n) is 6.00. The van der Waals surface area contributed by atoms with Crippen LogP contribution in [0.25, 0.3) is 0 Å². The van der Waals surface area contributed by atoms with E-state index in [-0.39, 0.29) is 12.0 Å². The normalized spacial score (nSPS) is 23.8. The van der Waals surface area contributed by atoms with E-state index >= 15 is 0 Å². The van der Waals surface area contributed by atoms with Crippen LogP contribution in [0, 0.1) is 17.8 Å². The highest BCUT2D eigenvalue weighted by Gasteiger charge is 2.31. The molecule has 1 aliphatic rings. The van der Waals surface area contributed by atoms with Crippen LogP contribution in [0.2, 0.25) is 0 Å². The Balaban J connectivity index is 1.60. The second-order valence-corrected chi connectivity index (χ2v) is 6.00. The lowest BCUT2D eigenvalue weighted by molar-refractivity contribution is -0.0801. The van der Waals surface area contributed by atoms with Crippen LogP contribution < -0.4 is 0 Å². The van der Waals surface area contributed by atoms with E-state index in [2.05, 4.69) is 11.8 Å². The minimum absolute atomic E-state index is 0.00951. The molecule has 1 aliphatic carbocycles. The molecule has 0 saturated heterocycles. The third kappa shape index (κ3) is 4.45. The summed E-state index contributed by atoms with van der Waals surface area (Å²) in [6.07, 6.45) is 2.25. The van der Waals surface area contributed by atoms with Gasteiger partial charge >= 0.3 is 0 Å². The van der Waals surface area contributed by atoms with Gasteiger partial charge in [0.15, 0.2) is 0 Å². The number of hydrogen-bond acceptors (Lipinski definition) is 2. The standard InChI is InChI=1S/C21H22O2/c22-21-19(15-14-17-8-3-1-4-9-17)12-7-13-20(21)23-16-18-10-5-2-6-11-18/h1-6,8-11,19-22H,7,12-13,16H2/t19-,20+,21-/m0/s1. The van der Waals surface area contributed by atoms with Gasteiger partial charge in [0.25, 0.3) is 0 Å². The molecular formula is C21H22O2. The molecule has 2 nitrogen and oxygen atoms in total. The lowest BCUT2D eigenvalue weighted by Crippen LogP contribution is -2.38. The maximum Gasteiger partial charge on any atom is 0.0939 e. The molecule has 2 aromatic rings. The maximum absolute atomic E-state index is 10.6. The van der Waals surface area contributed by atoms with Crippen molar-refractivity contribution in [2.45, 2.75) is 38.1 Å². The zero-order chi connectivity index (χ0) is 15.9. The van der Waals surface area contributed by atoms with Crippen molar-refractivity contribution in [3.8, 4) is 11.8 Å². The number of aliphatic hydroxyl groups excluding tert-OH is 1. The first-order valence-corrected chi connectivity index (χ1v) is 8.23. The quantitative estimate of drug-likeness (QED) is 0.874. The fourth-order valence-electron chi connectivity index (χ4n) is 2.95. The summed E-state index contributed by atoms with van der Waals surface area (Å²) in [7, 11) is 0. The summed E-state index contributed by atoms with van der Waals surface area (Å²) in [6, 6.07) is 20.0. The molecule has 0 spiro atoms. The molecule has 0 radical (unpaired) electrons. The molecule has 0 unspecified atom stereocenters. The summed E-state index contributed by atoms with van der Waals surface area (Å²) in [5, 5.41) is 10.6. The van der Waals surface area contributed by atoms with E-state index in [0.29, 0.717) is 6.61 Å². The molecule has 2 heteroatoms. The Morgan fingerprint density at radius 1 is 0.957 bits per heavy atom. The molecule has 23 heavy (non-hydrogen) atoms. The minimum Gasteiger partial charge on any atom is -0.389 e. The van der Waals surface area contributed by atoms with E-state index < -0.39 is 6.10 Å². The molecule has 3 rings (SSSR count). The van der Waals surface area contributed by atoms with E-state index in [1.807, 2.05) is 60.7 Å². The van der Waals surface area contributed by atoms with Crippen LogP contribution in [0.3, 0.4) is 0 Å². The van der Waals surface area contributed by atoms with Crippen LogP contribution in [0.4, 0.5) is 0 Å². The summed E-state index contributed by atoms with van der Waals surface area (Å²) in [6.45, 7) is 0.543. The lowest BCUT2D eigenvalue weighted by Gasteiger charge is -2.32. The van der Waals surface area contributed by atoms with Gasteiger partial charge in [0.1, 0.15) is 0 Å². The topological polar surface area (TPSA) is 29.5 Å². The highest BCUT2D eigenvalue weighted by Crippen LogP contribution is 2.27.